The highest BCUT2D eigenvalue weighted by molar-refractivity contribution is 5.61. The molecule has 0 saturated heterocycles. The van der Waals surface area contributed by atoms with E-state index in [-0.39, 0.29) is 0 Å². The fourth-order valence-corrected chi connectivity index (χ4v) is 1.87. The van der Waals surface area contributed by atoms with Crippen LogP contribution >= 0.6 is 0 Å². The number of nitrogens with two attached hydrogens (primary N) is 1. The topological polar surface area (TPSA) is 62.3 Å². The van der Waals surface area contributed by atoms with Gasteiger partial charge in [0.15, 0.2) is 11.5 Å². The summed E-state index contributed by atoms with van der Waals surface area (Å²) < 4.78 is 12.4. The standard InChI is InChI=1S/C13H17N3O2/c1-16-8-10(7-14)15-13(16)9-4-5-11(17-2)12(6-9)18-3/h4-6,8H,7,14H2,1-3H3. The lowest BCUT2D eigenvalue weighted by molar-refractivity contribution is 0.355. The normalized spacial score (nSPS) is 10.4. The van der Waals surface area contributed by atoms with Gasteiger partial charge in [-0.25, -0.2) is 4.98 Å². The Labute approximate surface area is 106 Å². The Bertz CT molecular complexity index is 549. The highest BCUT2D eigenvalue weighted by Gasteiger charge is 2.10. The van der Waals surface area contributed by atoms with Gasteiger partial charge in [-0.05, 0) is 18.2 Å². The molecule has 0 aliphatic heterocycles. The van der Waals surface area contributed by atoms with Crippen LogP contribution in [0.4, 0.5) is 0 Å². The lowest BCUT2D eigenvalue weighted by Gasteiger charge is -2.09. The first kappa shape index (κ1) is 12.4. The summed E-state index contributed by atoms with van der Waals surface area (Å²) in [5.41, 5.74) is 7.42. The molecule has 2 rings (SSSR count). The Morgan fingerprint density at radius 2 is 1.94 bits per heavy atom. The van der Waals surface area contributed by atoms with Crippen LogP contribution in [0.15, 0.2) is 24.4 Å². The largest absolute Gasteiger partial charge is 0.493 e. The van der Waals surface area contributed by atoms with E-state index in [1.807, 2.05) is 36.0 Å². The number of rotatable bonds is 4. The fraction of sp³-hybridized carbons (Fsp3) is 0.308. The van der Waals surface area contributed by atoms with Crippen molar-refractivity contribution in [1.29, 1.82) is 0 Å². The lowest BCUT2D eigenvalue weighted by atomic mass is 10.2. The molecule has 18 heavy (non-hydrogen) atoms. The Morgan fingerprint density at radius 3 is 2.50 bits per heavy atom. The maximum atomic E-state index is 5.59. The predicted octanol–water partition coefficient (Wildman–Crippen LogP) is 1.56. The Balaban J connectivity index is 2.47. The number of imidazole rings is 1. The van der Waals surface area contributed by atoms with E-state index in [1.54, 1.807) is 14.2 Å². The monoisotopic (exact) mass is 247 g/mol. The van der Waals surface area contributed by atoms with E-state index in [0.29, 0.717) is 18.0 Å². The molecule has 96 valence electrons. The summed E-state index contributed by atoms with van der Waals surface area (Å²) in [6.45, 7) is 0.432. The predicted molar refractivity (Wildman–Crippen MR) is 69.6 cm³/mol. The van der Waals surface area contributed by atoms with E-state index < -0.39 is 0 Å². The van der Waals surface area contributed by atoms with E-state index >= 15 is 0 Å². The molecule has 0 fully saturated rings. The molecule has 1 aromatic carbocycles. The fourth-order valence-electron chi connectivity index (χ4n) is 1.87. The average Bonchev–Trinajstić information content (AvgIpc) is 2.79. The van der Waals surface area contributed by atoms with Crippen molar-refractivity contribution in [1.82, 2.24) is 9.55 Å². The minimum absolute atomic E-state index is 0.432. The van der Waals surface area contributed by atoms with Gasteiger partial charge in [0.25, 0.3) is 0 Å². The van der Waals surface area contributed by atoms with Crippen molar-refractivity contribution >= 4 is 0 Å². The molecule has 1 heterocycles. The molecule has 0 bridgehead atoms. The van der Waals surface area contributed by atoms with Crippen LogP contribution in [0.5, 0.6) is 11.5 Å². The number of benzene rings is 1. The Kier molecular flexibility index (Phi) is 3.53. The van der Waals surface area contributed by atoms with Crippen LogP contribution in [0.25, 0.3) is 11.4 Å². The molecular formula is C13H17N3O2. The number of hydrogen-bond acceptors (Lipinski definition) is 4. The first-order chi connectivity index (χ1) is 8.69. The average molecular weight is 247 g/mol. The molecule has 0 aliphatic rings. The van der Waals surface area contributed by atoms with Crippen molar-refractivity contribution in [2.75, 3.05) is 14.2 Å². The van der Waals surface area contributed by atoms with Crippen molar-refractivity contribution in [2.24, 2.45) is 12.8 Å². The van der Waals surface area contributed by atoms with Gasteiger partial charge in [-0.3, -0.25) is 0 Å². The zero-order chi connectivity index (χ0) is 13.1. The van der Waals surface area contributed by atoms with Gasteiger partial charge in [-0.2, -0.15) is 0 Å². The smallest absolute Gasteiger partial charge is 0.161 e. The van der Waals surface area contributed by atoms with Crippen molar-refractivity contribution in [3.8, 4) is 22.9 Å². The van der Waals surface area contributed by atoms with Crippen molar-refractivity contribution in [3.63, 3.8) is 0 Å². The molecule has 0 saturated carbocycles. The Morgan fingerprint density at radius 1 is 1.22 bits per heavy atom. The molecule has 2 N–H and O–H groups in total. The molecule has 0 amide bonds. The molecule has 0 unspecified atom stereocenters. The van der Waals surface area contributed by atoms with Gasteiger partial charge in [0.1, 0.15) is 5.82 Å². The van der Waals surface area contributed by atoms with E-state index in [2.05, 4.69) is 4.98 Å². The van der Waals surface area contributed by atoms with Gasteiger partial charge >= 0.3 is 0 Å². The van der Waals surface area contributed by atoms with E-state index in [0.717, 1.165) is 17.1 Å². The molecule has 0 radical (unpaired) electrons. The van der Waals surface area contributed by atoms with Crippen molar-refractivity contribution in [2.45, 2.75) is 6.54 Å². The molecule has 2 aromatic rings. The summed E-state index contributed by atoms with van der Waals surface area (Å²) >= 11 is 0. The van der Waals surface area contributed by atoms with E-state index in [1.165, 1.54) is 0 Å². The summed E-state index contributed by atoms with van der Waals surface area (Å²) in [6.07, 6.45) is 1.92. The third-order valence-electron chi connectivity index (χ3n) is 2.78. The molecule has 5 heteroatoms. The number of aryl methyl sites for hydroxylation is 1. The quantitative estimate of drug-likeness (QED) is 0.890. The summed E-state index contributed by atoms with van der Waals surface area (Å²) in [5.74, 6) is 2.25. The Hall–Kier alpha value is -2.01. The highest BCUT2D eigenvalue weighted by Crippen LogP contribution is 2.31. The van der Waals surface area contributed by atoms with E-state index in [4.69, 9.17) is 15.2 Å². The van der Waals surface area contributed by atoms with Gasteiger partial charge in [0.2, 0.25) is 0 Å². The number of aromatic nitrogens is 2. The molecule has 0 atom stereocenters. The van der Waals surface area contributed by atoms with Crippen LogP contribution in [-0.4, -0.2) is 23.8 Å². The van der Waals surface area contributed by atoms with Crippen LogP contribution in [0.3, 0.4) is 0 Å². The van der Waals surface area contributed by atoms with Crippen LogP contribution in [0, 0.1) is 0 Å². The van der Waals surface area contributed by atoms with Crippen LogP contribution in [0.2, 0.25) is 0 Å². The minimum Gasteiger partial charge on any atom is -0.493 e. The first-order valence-electron chi connectivity index (χ1n) is 5.64. The zero-order valence-corrected chi connectivity index (χ0v) is 10.8. The third-order valence-corrected chi connectivity index (χ3v) is 2.78. The number of hydrogen-bond donors (Lipinski definition) is 1. The third kappa shape index (κ3) is 2.17. The van der Waals surface area contributed by atoms with Crippen LogP contribution in [0.1, 0.15) is 5.69 Å². The summed E-state index contributed by atoms with van der Waals surface area (Å²) in [5, 5.41) is 0. The van der Waals surface area contributed by atoms with Crippen molar-refractivity contribution < 1.29 is 9.47 Å². The van der Waals surface area contributed by atoms with Gasteiger partial charge in [0, 0.05) is 25.4 Å². The van der Waals surface area contributed by atoms with Gasteiger partial charge < -0.3 is 19.8 Å². The second-order valence-corrected chi connectivity index (χ2v) is 3.94. The van der Waals surface area contributed by atoms with Gasteiger partial charge in [-0.15, -0.1) is 0 Å². The lowest BCUT2D eigenvalue weighted by Crippen LogP contribution is -1.96. The molecular weight excluding hydrogens is 230 g/mol. The van der Waals surface area contributed by atoms with Crippen LogP contribution in [-0.2, 0) is 13.6 Å². The van der Waals surface area contributed by atoms with Gasteiger partial charge in [0.05, 0.1) is 19.9 Å². The second-order valence-electron chi connectivity index (χ2n) is 3.94. The number of methoxy groups -OCH3 is 2. The van der Waals surface area contributed by atoms with E-state index in [9.17, 15) is 0 Å². The number of ether oxygens (including phenoxy) is 2. The molecule has 0 aliphatic carbocycles. The zero-order valence-electron chi connectivity index (χ0n) is 10.8. The summed E-state index contributed by atoms with van der Waals surface area (Å²) in [7, 11) is 5.17. The first-order valence-corrected chi connectivity index (χ1v) is 5.64. The van der Waals surface area contributed by atoms with Gasteiger partial charge in [-0.1, -0.05) is 0 Å². The molecule has 1 aromatic heterocycles. The summed E-state index contributed by atoms with van der Waals surface area (Å²) in [4.78, 5) is 4.47. The second kappa shape index (κ2) is 5.10. The van der Waals surface area contributed by atoms with Crippen LogP contribution < -0.4 is 15.2 Å². The molecule has 0 spiro atoms. The summed E-state index contributed by atoms with van der Waals surface area (Å²) in [6, 6.07) is 5.72. The highest BCUT2D eigenvalue weighted by atomic mass is 16.5. The maximum Gasteiger partial charge on any atom is 0.161 e. The SMILES string of the molecule is COc1ccc(-c2nc(CN)cn2C)cc1OC. The minimum atomic E-state index is 0.432. The van der Waals surface area contributed by atoms with Crippen molar-refractivity contribution in [3.05, 3.63) is 30.1 Å². The molecule has 5 nitrogen and oxygen atoms in total. The maximum absolute atomic E-state index is 5.59. The number of nitrogens with zero attached hydrogens (tertiary/aromatic N) is 2.